The number of hydrogen-bond donors (Lipinski definition) is 0. The molecular formula is C16H19ClFN3. The Kier molecular flexibility index (Phi) is 3.38. The van der Waals surface area contributed by atoms with Crippen LogP contribution in [0.25, 0.3) is 11.0 Å². The van der Waals surface area contributed by atoms with Gasteiger partial charge in [0.2, 0.25) is 0 Å². The second-order valence-corrected chi connectivity index (χ2v) is 6.39. The van der Waals surface area contributed by atoms with Crippen molar-refractivity contribution >= 4 is 22.6 Å². The smallest absolute Gasteiger partial charge is 0.125 e. The standard InChI is InChI=1S/C16H19ClFN3/c17-10-16-19-12-9-11(18)4-5-13(12)21(16)15-6-8-20-7-2-1-3-14(15)20/h4-5,9,14-15H,1-3,6-8,10H2. The van der Waals surface area contributed by atoms with Gasteiger partial charge >= 0.3 is 0 Å². The Balaban J connectivity index is 1.81. The Hall–Kier alpha value is -1.13. The van der Waals surface area contributed by atoms with Crippen molar-refractivity contribution in [2.24, 2.45) is 0 Å². The van der Waals surface area contributed by atoms with Crippen molar-refractivity contribution in [1.29, 1.82) is 0 Å². The zero-order valence-corrected chi connectivity index (χ0v) is 12.7. The molecule has 2 aliphatic heterocycles. The van der Waals surface area contributed by atoms with Crippen LogP contribution < -0.4 is 0 Å². The van der Waals surface area contributed by atoms with Crippen LogP contribution in [0.5, 0.6) is 0 Å². The van der Waals surface area contributed by atoms with Crippen molar-refractivity contribution in [2.45, 2.75) is 43.6 Å². The van der Waals surface area contributed by atoms with Gasteiger partial charge in [-0.3, -0.25) is 4.90 Å². The third-order valence-electron chi connectivity index (χ3n) is 5.00. The van der Waals surface area contributed by atoms with Gasteiger partial charge in [-0.15, -0.1) is 11.6 Å². The molecule has 5 heteroatoms. The van der Waals surface area contributed by atoms with E-state index in [0.29, 0.717) is 18.0 Å². The fourth-order valence-corrected chi connectivity index (χ4v) is 4.30. The third kappa shape index (κ3) is 2.16. The maximum Gasteiger partial charge on any atom is 0.125 e. The number of aromatic nitrogens is 2. The number of imidazole rings is 1. The minimum Gasteiger partial charge on any atom is -0.322 e. The zero-order chi connectivity index (χ0) is 14.4. The summed E-state index contributed by atoms with van der Waals surface area (Å²) in [6.45, 7) is 2.36. The molecule has 0 radical (unpaired) electrons. The molecule has 1 aromatic heterocycles. The van der Waals surface area contributed by atoms with E-state index in [1.807, 2.05) is 6.07 Å². The highest BCUT2D eigenvalue weighted by Crippen LogP contribution is 2.38. The molecule has 21 heavy (non-hydrogen) atoms. The average molecular weight is 308 g/mol. The molecule has 3 heterocycles. The molecular weight excluding hydrogens is 289 g/mol. The first kappa shape index (κ1) is 13.5. The van der Waals surface area contributed by atoms with E-state index in [1.54, 1.807) is 0 Å². The third-order valence-corrected chi connectivity index (χ3v) is 5.24. The first-order valence-corrected chi connectivity index (χ1v) is 8.28. The van der Waals surface area contributed by atoms with Gasteiger partial charge in [0.15, 0.2) is 0 Å². The van der Waals surface area contributed by atoms with Crippen LogP contribution in [0.2, 0.25) is 0 Å². The molecule has 0 spiro atoms. The first-order valence-electron chi connectivity index (χ1n) is 7.74. The fourth-order valence-electron chi connectivity index (χ4n) is 4.11. The Labute approximate surface area is 128 Å². The molecule has 112 valence electrons. The van der Waals surface area contributed by atoms with Crippen molar-refractivity contribution in [2.75, 3.05) is 13.1 Å². The van der Waals surface area contributed by atoms with Gasteiger partial charge in [0.1, 0.15) is 11.6 Å². The van der Waals surface area contributed by atoms with Crippen molar-refractivity contribution in [1.82, 2.24) is 14.5 Å². The molecule has 0 N–H and O–H groups in total. The highest BCUT2D eigenvalue weighted by molar-refractivity contribution is 6.16. The lowest BCUT2D eigenvalue weighted by Crippen LogP contribution is -2.38. The Morgan fingerprint density at radius 3 is 2.95 bits per heavy atom. The van der Waals surface area contributed by atoms with E-state index < -0.39 is 0 Å². The van der Waals surface area contributed by atoms with Gasteiger partial charge in [0.05, 0.1) is 23.0 Å². The summed E-state index contributed by atoms with van der Waals surface area (Å²) in [7, 11) is 0. The van der Waals surface area contributed by atoms with Crippen LogP contribution in [0.4, 0.5) is 4.39 Å². The normalized spacial score (nSPS) is 26.4. The topological polar surface area (TPSA) is 21.1 Å². The van der Waals surface area contributed by atoms with Crippen LogP contribution in [-0.2, 0) is 5.88 Å². The predicted octanol–water partition coefficient (Wildman–Crippen LogP) is 3.71. The van der Waals surface area contributed by atoms with Gasteiger partial charge in [-0.1, -0.05) is 6.42 Å². The number of halogens is 2. The lowest BCUT2D eigenvalue weighted by atomic mass is 9.98. The van der Waals surface area contributed by atoms with E-state index in [1.165, 1.54) is 37.9 Å². The van der Waals surface area contributed by atoms with Crippen LogP contribution in [0.15, 0.2) is 18.2 Å². The zero-order valence-electron chi connectivity index (χ0n) is 11.9. The van der Waals surface area contributed by atoms with Crippen LogP contribution in [0.1, 0.15) is 37.5 Å². The molecule has 2 aromatic rings. The molecule has 2 saturated heterocycles. The summed E-state index contributed by atoms with van der Waals surface area (Å²) in [5, 5.41) is 0. The van der Waals surface area contributed by atoms with Crippen LogP contribution in [0.3, 0.4) is 0 Å². The highest BCUT2D eigenvalue weighted by Gasteiger charge is 2.37. The van der Waals surface area contributed by atoms with Gasteiger partial charge in [-0.05, 0) is 37.9 Å². The Morgan fingerprint density at radius 2 is 2.10 bits per heavy atom. The Bertz CT molecular complexity index is 669. The van der Waals surface area contributed by atoms with Crippen LogP contribution >= 0.6 is 11.6 Å². The van der Waals surface area contributed by atoms with Gasteiger partial charge in [0, 0.05) is 18.7 Å². The van der Waals surface area contributed by atoms with E-state index in [9.17, 15) is 4.39 Å². The molecule has 2 unspecified atom stereocenters. The minimum absolute atomic E-state index is 0.237. The summed E-state index contributed by atoms with van der Waals surface area (Å²) >= 11 is 6.11. The van der Waals surface area contributed by atoms with E-state index >= 15 is 0 Å². The van der Waals surface area contributed by atoms with Gasteiger partial charge in [-0.25, -0.2) is 9.37 Å². The van der Waals surface area contributed by atoms with Gasteiger partial charge in [-0.2, -0.15) is 0 Å². The number of rotatable bonds is 2. The van der Waals surface area contributed by atoms with Crippen LogP contribution in [-0.4, -0.2) is 33.6 Å². The van der Waals surface area contributed by atoms with E-state index in [-0.39, 0.29) is 5.82 Å². The molecule has 0 aliphatic carbocycles. The minimum atomic E-state index is -0.237. The SMILES string of the molecule is Fc1ccc2c(c1)nc(CCl)n2C1CCN2CCCCC12. The number of piperidine rings is 1. The van der Waals surface area contributed by atoms with Crippen molar-refractivity contribution in [3.8, 4) is 0 Å². The van der Waals surface area contributed by atoms with Gasteiger partial charge < -0.3 is 4.57 Å². The quantitative estimate of drug-likeness (QED) is 0.789. The summed E-state index contributed by atoms with van der Waals surface area (Å²) in [4.78, 5) is 7.15. The lowest BCUT2D eigenvalue weighted by molar-refractivity contribution is 0.174. The van der Waals surface area contributed by atoms with E-state index in [2.05, 4.69) is 14.5 Å². The highest BCUT2D eigenvalue weighted by atomic mass is 35.5. The van der Waals surface area contributed by atoms with Crippen molar-refractivity contribution in [3.05, 3.63) is 29.8 Å². The summed E-state index contributed by atoms with van der Waals surface area (Å²) in [6.07, 6.45) is 4.99. The van der Waals surface area contributed by atoms with Crippen LogP contribution in [0, 0.1) is 5.82 Å². The van der Waals surface area contributed by atoms with Gasteiger partial charge in [0.25, 0.3) is 0 Å². The van der Waals surface area contributed by atoms with Crippen molar-refractivity contribution < 1.29 is 4.39 Å². The van der Waals surface area contributed by atoms with Crippen molar-refractivity contribution in [3.63, 3.8) is 0 Å². The fraction of sp³-hybridized carbons (Fsp3) is 0.562. The molecule has 0 amide bonds. The summed E-state index contributed by atoms with van der Waals surface area (Å²) in [6, 6.07) is 5.89. The molecule has 2 fully saturated rings. The molecule has 1 aromatic carbocycles. The summed E-state index contributed by atoms with van der Waals surface area (Å²) < 4.78 is 15.7. The average Bonchev–Trinajstić information content (AvgIpc) is 3.07. The Morgan fingerprint density at radius 1 is 1.19 bits per heavy atom. The maximum atomic E-state index is 13.4. The predicted molar refractivity (Wildman–Crippen MR) is 82.1 cm³/mol. The monoisotopic (exact) mass is 307 g/mol. The number of fused-ring (bicyclic) bond motifs is 2. The van der Waals surface area contributed by atoms with E-state index in [4.69, 9.17) is 11.6 Å². The number of benzene rings is 1. The molecule has 2 atom stereocenters. The molecule has 2 aliphatic rings. The number of alkyl halides is 1. The maximum absolute atomic E-state index is 13.4. The summed E-state index contributed by atoms with van der Waals surface area (Å²) in [5.41, 5.74) is 1.74. The lowest BCUT2D eigenvalue weighted by Gasteiger charge is -2.33. The molecule has 0 bridgehead atoms. The largest absolute Gasteiger partial charge is 0.322 e. The molecule has 3 nitrogen and oxygen atoms in total. The number of nitrogens with zero attached hydrogens (tertiary/aromatic N) is 3. The summed E-state index contributed by atoms with van der Waals surface area (Å²) in [5.74, 6) is 1.01. The number of hydrogen-bond acceptors (Lipinski definition) is 2. The van der Waals surface area contributed by atoms with E-state index in [0.717, 1.165) is 29.8 Å². The molecule has 4 rings (SSSR count). The first-order chi connectivity index (χ1) is 10.3. The second-order valence-electron chi connectivity index (χ2n) is 6.12. The second kappa shape index (κ2) is 5.25. The molecule has 0 saturated carbocycles.